The topological polar surface area (TPSA) is 93.1 Å². The van der Waals surface area contributed by atoms with Crippen molar-refractivity contribution in [3.63, 3.8) is 0 Å². The van der Waals surface area contributed by atoms with Gasteiger partial charge in [-0.3, -0.25) is 9.59 Å². The Morgan fingerprint density at radius 2 is 1.04 bits per heavy atom. The number of carbonyl (C=O) groups is 2. The first-order valence-corrected chi connectivity index (χ1v) is 18.1. The number of unbranched alkanes of at least 4 members (excludes halogenated alkanes) is 11. The van der Waals surface area contributed by atoms with Crippen LogP contribution in [0.2, 0.25) is 0 Å². The van der Waals surface area contributed by atoms with E-state index < -0.39 is 6.10 Å². The molecular weight excluding hydrogens is 564 g/mol. The second kappa shape index (κ2) is 33.2. The van der Waals surface area contributed by atoms with Crippen LogP contribution in [0, 0.1) is 5.92 Å². The molecule has 2 atom stereocenters. The average Bonchev–Trinajstić information content (AvgIpc) is 3.00. The van der Waals surface area contributed by atoms with Gasteiger partial charge in [0.25, 0.3) is 0 Å². The minimum absolute atomic E-state index is 0.0960. The molecule has 0 aliphatic rings. The van der Waals surface area contributed by atoms with Crippen molar-refractivity contribution in [2.75, 3.05) is 13.2 Å². The van der Waals surface area contributed by atoms with Gasteiger partial charge in [-0.2, -0.15) is 0 Å². The molecule has 0 aromatic rings. The second-order valence-corrected chi connectivity index (χ2v) is 12.7. The molecule has 6 heteroatoms. The van der Waals surface area contributed by atoms with E-state index in [1.165, 1.54) is 51.4 Å². The van der Waals surface area contributed by atoms with Gasteiger partial charge in [0.2, 0.25) is 0 Å². The summed E-state index contributed by atoms with van der Waals surface area (Å²) in [5, 5.41) is 18.7. The number of carbonyl (C=O) groups excluding carboxylic acids is 2. The van der Waals surface area contributed by atoms with Crippen molar-refractivity contribution in [2.24, 2.45) is 5.92 Å². The average molecular weight is 633 g/mol. The van der Waals surface area contributed by atoms with E-state index in [4.69, 9.17) is 9.47 Å². The Labute approximate surface area is 276 Å². The summed E-state index contributed by atoms with van der Waals surface area (Å²) in [5.74, 6) is 0.143. The summed E-state index contributed by atoms with van der Waals surface area (Å²) >= 11 is 0. The predicted octanol–water partition coefficient (Wildman–Crippen LogP) is 9.89. The number of aliphatic hydroxyl groups is 2. The smallest absolute Gasteiger partial charge is 0.306 e. The molecule has 0 rings (SSSR count). The van der Waals surface area contributed by atoms with Crippen molar-refractivity contribution >= 4 is 11.9 Å². The van der Waals surface area contributed by atoms with Gasteiger partial charge in [0.15, 0.2) is 6.10 Å². The third-order valence-corrected chi connectivity index (χ3v) is 7.57. The fourth-order valence-electron chi connectivity index (χ4n) is 4.81. The lowest BCUT2D eigenvalue weighted by Crippen LogP contribution is -2.28. The molecule has 0 aromatic carbocycles. The molecule has 0 saturated heterocycles. The Kier molecular flexibility index (Phi) is 31.6. The Balaban J connectivity index is 3.70. The summed E-state index contributed by atoms with van der Waals surface area (Å²) in [6, 6.07) is 0. The lowest BCUT2D eigenvalue weighted by Gasteiger charge is -2.15. The maximum atomic E-state index is 12.1. The molecule has 0 heterocycles. The van der Waals surface area contributed by atoms with Gasteiger partial charge < -0.3 is 19.7 Å². The third-order valence-electron chi connectivity index (χ3n) is 7.57. The molecule has 0 aliphatic heterocycles. The molecule has 0 radical (unpaired) electrons. The highest BCUT2D eigenvalue weighted by Gasteiger charge is 2.15. The Bertz CT molecular complexity index is 795. The van der Waals surface area contributed by atoms with Crippen LogP contribution in [0.1, 0.15) is 156 Å². The van der Waals surface area contributed by atoms with E-state index in [1.54, 1.807) is 0 Å². The monoisotopic (exact) mass is 633 g/mol. The molecule has 0 saturated carbocycles. The lowest BCUT2D eigenvalue weighted by atomic mass is 10.0. The fourth-order valence-corrected chi connectivity index (χ4v) is 4.81. The molecule has 0 spiro atoms. The van der Waals surface area contributed by atoms with Gasteiger partial charge in [-0.15, -0.1) is 0 Å². The summed E-state index contributed by atoms with van der Waals surface area (Å²) in [7, 11) is 0. The highest BCUT2D eigenvalue weighted by molar-refractivity contribution is 5.70. The highest BCUT2D eigenvalue weighted by atomic mass is 16.6. The number of ether oxygens (including phenoxy) is 2. The van der Waals surface area contributed by atoms with Gasteiger partial charge in [0.1, 0.15) is 6.61 Å². The molecule has 0 aromatic heterocycles. The molecule has 45 heavy (non-hydrogen) atoms. The van der Waals surface area contributed by atoms with Crippen LogP contribution in [0.5, 0.6) is 0 Å². The molecule has 0 aliphatic carbocycles. The van der Waals surface area contributed by atoms with Crippen LogP contribution in [-0.4, -0.2) is 47.6 Å². The van der Waals surface area contributed by atoms with Crippen LogP contribution in [0.4, 0.5) is 0 Å². The van der Waals surface area contributed by atoms with E-state index in [9.17, 15) is 19.8 Å². The van der Waals surface area contributed by atoms with Crippen LogP contribution in [0.25, 0.3) is 0 Å². The molecular formula is C39H68O6. The second-order valence-electron chi connectivity index (χ2n) is 12.7. The van der Waals surface area contributed by atoms with E-state index in [0.29, 0.717) is 12.8 Å². The lowest BCUT2D eigenvalue weighted by molar-refractivity contribution is -0.161. The van der Waals surface area contributed by atoms with E-state index in [0.717, 1.165) is 70.1 Å². The zero-order valence-electron chi connectivity index (χ0n) is 29.1. The van der Waals surface area contributed by atoms with Crippen molar-refractivity contribution in [1.29, 1.82) is 0 Å². The molecule has 0 unspecified atom stereocenters. The SMILES string of the molecule is CC(C)CCCCCCCCCCCCC(=O)OC[C@H](CO)OC(=O)CCC/C=C\C/C=C\C/C=C\C/C=C\CCC[C@H](C)O. The number of aliphatic hydroxyl groups excluding tert-OH is 2. The summed E-state index contributed by atoms with van der Waals surface area (Å²) < 4.78 is 10.5. The minimum Gasteiger partial charge on any atom is -0.462 e. The van der Waals surface area contributed by atoms with Crippen molar-refractivity contribution < 1.29 is 29.3 Å². The predicted molar refractivity (Wildman–Crippen MR) is 188 cm³/mol. The number of allylic oxidation sites excluding steroid dienone is 8. The molecule has 0 fully saturated rings. The summed E-state index contributed by atoms with van der Waals surface area (Å²) in [4.78, 5) is 24.1. The van der Waals surface area contributed by atoms with Crippen molar-refractivity contribution in [1.82, 2.24) is 0 Å². The van der Waals surface area contributed by atoms with E-state index in [-0.39, 0.29) is 37.7 Å². The van der Waals surface area contributed by atoms with Gasteiger partial charge in [-0.1, -0.05) is 127 Å². The fraction of sp³-hybridized carbons (Fsp3) is 0.744. The van der Waals surface area contributed by atoms with Crippen molar-refractivity contribution in [2.45, 2.75) is 168 Å². The summed E-state index contributed by atoms with van der Waals surface area (Å²) in [6.45, 7) is 5.95. The summed E-state index contributed by atoms with van der Waals surface area (Å²) in [5.41, 5.74) is 0. The van der Waals surface area contributed by atoms with E-state index >= 15 is 0 Å². The van der Waals surface area contributed by atoms with E-state index in [1.807, 2.05) is 6.92 Å². The first-order valence-electron chi connectivity index (χ1n) is 18.1. The van der Waals surface area contributed by atoms with Crippen molar-refractivity contribution in [3.8, 4) is 0 Å². The highest BCUT2D eigenvalue weighted by Crippen LogP contribution is 2.14. The van der Waals surface area contributed by atoms with Crippen LogP contribution in [0.3, 0.4) is 0 Å². The Morgan fingerprint density at radius 3 is 1.56 bits per heavy atom. The van der Waals surface area contributed by atoms with Gasteiger partial charge in [-0.25, -0.2) is 0 Å². The zero-order chi connectivity index (χ0) is 33.2. The number of esters is 2. The Morgan fingerprint density at radius 1 is 0.578 bits per heavy atom. The standard InChI is InChI=1S/C39H68O6/c1-35(2)29-25-21-17-13-11-12-15-19-23-27-31-38(42)44-34-37(33-40)45-39(43)32-28-24-20-16-10-8-6-4-5-7-9-14-18-22-26-30-36(3)41/h5-8,14,16,18,20,35-37,40-41H,4,9-13,15,17,19,21-34H2,1-3H3/b7-5-,8-6-,18-14-,20-16-/t36-,37-/m0/s1. The minimum atomic E-state index is -0.807. The van der Waals surface area contributed by atoms with Gasteiger partial charge in [0, 0.05) is 12.8 Å². The van der Waals surface area contributed by atoms with Crippen LogP contribution in [0.15, 0.2) is 48.6 Å². The van der Waals surface area contributed by atoms with Crippen LogP contribution >= 0.6 is 0 Å². The maximum absolute atomic E-state index is 12.1. The largest absolute Gasteiger partial charge is 0.462 e. The Hall–Kier alpha value is -2.18. The first-order chi connectivity index (χ1) is 21.8. The number of hydrogen-bond donors (Lipinski definition) is 2. The third kappa shape index (κ3) is 34.5. The number of hydrogen-bond acceptors (Lipinski definition) is 6. The van der Waals surface area contributed by atoms with Crippen LogP contribution in [-0.2, 0) is 19.1 Å². The molecule has 6 nitrogen and oxygen atoms in total. The normalized spacial score (nSPS) is 13.6. The molecule has 0 amide bonds. The van der Waals surface area contributed by atoms with E-state index in [2.05, 4.69) is 62.5 Å². The quantitative estimate of drug-likeness (QED) is 0.0449. The van der Waals surface area contributed by atoms with Gasteiger partial charge in [-0.05, 0) is 70.6 Å². The van der Waals surface area contributed by atoms with Gasteiger partial charge in [0.05, 0.1) is 12.7 Å². The molecule has 0 bridgehead atoms. The first kappa shape index (κ1) is 42.8. The maximum Gasteiger partial charge on any atom is 0.306 e. The number of rotatable bonds is 31. The molecule has 260 valence electrons. The summed E-state index contributed by atoms with van der Waals surface area (Å²) in [6.07, 6.45) is 37.3. The van der Waals surface area contributed by atoms with Crippen molar-refractivity contribution in [3.05, 3.63) is 48.6 Å². The zero-order valence-corrected chi connectivity index (χ0v) is 29.1. The van der Waals surface area contributed by atoms with Gasteiger partial charge >= 0.3 is 11.9 Å². The van der Waals surface area contributed by atoms with Crippen LogP contribution < -0.4 is 0 Å². The molecule has 2 N–H and O–H groups in total.